The second-order valence-corrected chi connectivity index (χ2v) is 5.06. The number of benzene rings is 2. The van der Waals surface area contributed by atoms with Crippen molar-refractivity contribution in [3.8, 4) is 11.5 Å². The van der Waals surface area contributed by atoms with E-state index < -0.39 is 12.1 Å². The summed E-state index contributed by atoms with van der Waals surface area (Å²) in [5, 5.41) is 12.2. The first-order valence-corrected chi connectivity index (χ1v) is 7.48. The average Bonchev–Trinajstić information content (AvgIpc) is 2.64. The third-order valence-electron chi connectivity index (χ3n) is 3.50. The van der Waals surface area contributed by atoms with Gasteiger partial charge in [0.25, 0.3) is 0 Å². The number of alkyl carbamates (subject to hydrolysis) is 1. The molecule has 0 unspecified atom stereocenters. The van der Waals surface area contributed by atoms with Gasteiger partial charge >= 0.3 is 6.09 Å². The van der Waals surface area contributed by atoms with E-state index in [1.54, 1.807) is 25.3 Å². The molecule has 1 atom stereocenters. The number of ether oxygens (including phenoxy) is 3. The predicted molar refractivity (Wildman–Crippen MR) is 89.1 cm³/mol. The molecule has 0 aliphatic carbocycles. The molecule has 0 radical (unpaired) electrons. The van der Waals surface area contributed by atoms with Crippen LogP contribution < -0.4 is 14.8 Å². The number of aliphatic hydroxyl groups excluding tert-OH is 1. The van der Waals surface area contributed by atoms with Gasteiger partial charge in [-0.2, -0.15) is 0 Å². The number of amides is 1. The Morgan fingerprint density at radius 2 is 1.79 bits per heavy atom. The number of nitrogens with one attached hydrogen (secondary N) is 1. The highest BCUT2D eigenvalue weighted by atomic mass is 16.5. The zero-order valence-corrected chi connectivity index (χ0v) is 13.7. The zero-order chi connectivity index (χ0) is 17.4. The number of carbonyl (C=O) groups is 1. The Morgan fingerprint density at radius 1 is 1.08 bits per heavy atom. The van der Waals surface area contributed by atoms with Crippen LogP contribution in [0.4, 0.5) is 4.79 Å². The molecule has 2 rings (SSSR count). The van der Waals surface area contributed by atoms with Crippen LogP contribution in [0, 0.1) is 0 Å². The van der Waals surface area contributed by atoms with Crippen molar-refractivity contribution in [2.24, 2.45) is 0 Å². The Morgan fingerprint density at radius 3 is 2.42 bits per heavy atom. The zero-order valence-electron chi connectivity index (χ0n) is 13.7. The fraction of sp³-hybridized carbons (Fsp3) is 0.278. The quantitative estimate of drug-likeness (QED) is 0.816. The number of aliphatic hydroxyl groups is 1. The molecule has 2 aromatic rings. The van der Waals surface area contributed by atoms with Crippen LogP contribution in [0.15, 0.2) is 48.5 Å². The number of rotatable bonds is 7. The van der Waals surface area contributed by atoms with Crippen molar-refractivity contribution in [2.75, 3.05) is 20.8 Å². The van der Waals surface area contributed by atoms with Gasteiger partial charge in [-0.05, 0) is 23.3 Å². The minimum Gasteiger partial charge on any atom is -0.493 e. The summed E-state index contributed by atoms with van der Waals surface area (Å²) in [6.07, 6.45) is -0.604. The van der Waals surface area contributed by atoms with E-state index in [1.165, 1.54) is 7.11 Å². The monoisotopic (exact) mass is 331 g/mol. The first kappa shape index (κ1) is 17.6. The molecule has 0 fully saturated rings. The summed E-state index contributed by atoms with van der Waals surface area (Å²) in [5.41, 5.74) is 1.58. The lowest BCUT2D eigenvalue weighted by molar-refractivity contribution is 0.129. The van der Waals surface area contributed by atoms with Crippen molar-refractivity contribution in [1.82, 2.24) is 5.32 Å². The fourth-order valence-electron chi connectivity index (χ4n) is 2.21. The van der Waals surface area contributed by atoms with E-state index in [0.717, 1.165) is 5.56 Å². The second-order valence-electron chi connectivity index (χ2n) is 5.06. The normalized spacial score (nSPS) is 11.5. The van der Waals surface area contributed by atoms with Crippen LogP contribution in [0.1, 0.15) is 17.2 Å². The van der Waals surface area contributed by atoms with Crippen LogP contribution in [0.25, 0.3) is 0 Å². The van der Waals surface area contributed by atoms with Gasteiger partial charge in [0.1, 0.15) is 6.61 Å². The van der Waals surface area contributed by atoms with Gasteiger partial charge in [0.15, 0.2) is 11.5 Å². The van der Waals surface area contributed by atoms with Gasteiger partial charge in [-0.25, -0.2) is 4.79 Å². The maximum atomic E-state index is 11.9. The summed E-state index contributed by atoms with van der Waals surface area (Å²) < 4.78 is 15.6. The third-order valence-corrected chi connectivity index (χ3v) is 3.50. The summed E-state index contributed by atoms with van der Waals surface area (Å²) in [7, 11) is 3.07. The second kappa shape index (κ2) is 8.79. The highest BCUT2D eigenvalue weighted by Crippen LogP contribution is 2.29. The number of methoxy groups -OCH3 is 2. The molecular formula is C18H21NO5. The molecule has 0 spiro atoms. The highest BCUT2D eigenvalue weighted by Gasteiger charge is 2.17. The average molecular weight is 331 g/mol. The Balaban J connectivity index is 1.99. The van der Waals surface area contributed by atoms with Gasteiger partial charge < -0.3 is 24.6 Å². The van der Waals surface area contributed by atoms with Gasteiger partial charge in [0.05, 0.1) is 26.9 Å². The Hall–Kier alpha value is -2.73. The highest BCUT2D eigenvalue weighted by molar-refractivity contribution is 5.68. The molecule has 0 aromatic heterocycles. The molecule has 0 saturated heterocycles. The van der Waals surface area contributed by atoms with Crippen LogP contribution in [0.2, 0.25) is 0 Å². The van der Waals surface area contributed by atoms with E-state index in [2.05, 4.69) is 5.32 Å². The van der Waals surface area contributed by atoms with Gasteiger partial charge in [0, 0.05) is 0 Å². The minimum atomic E-state index is -0.604. The van der Waals surface area contributed by atoms with E-state index in [0.29, 0.717) is 17.1 Å². The lowest BCUT2D eigenvalue weighted by Crippen LogP contribution is -2.31. The van der Waals surface area contributed by atoms with E-state index in [1.807, 2.05) is 30.3 Å². The Kier molecular flexibility index (Phi) is 6.45. The molecule has 128 valence electrons. The Bertz CT molecular complexity index is 660. The maximum absolute atomic E-state index is 11.9. The van der Waals surface area contributed by atoms with E-state index in [-0.39, 0.29) is 13.2 Å². The van der Waals surface area contributed by atoms with Crippen LogP contribution in [-0.4, -0.2) is 32.0 Å². The van der Waals surface area contributed by atoms with E-state index in [9.17, 15) is 9.90 Å². The number of carbonyl (C=O) groups excluding carboxylic acids is 1. The first-order chi connectivity index (χ1) is 11.7. The SMILES string of the molecule is COc1ccc([C@@H](CO)NC(=O)OCc2ccccc2)cc1OC. The lowest BCUT2D eigenvalue weighted by Gasteiger charge is -2.18. The minimum absolute atomic E-state index is 0.163. The van der Waals surface area contributed by atoms with Gasteiger partial charge in [-0.15, -0.1) is 0 Å². The van der Waals surface area contributed by atoms with Crippen LogP contribution in [0.5, 0.6) is 11.5 Å². The lowest BCUT2D eigenvalue weighted by atomic mass is 10.1. The summed E-state index contributed by atoms with van der Waals surface area (Å²) in [6.45, 7) is -0.104. The summed E-state index contributed by atoms with van der Waals surface area (Å²) in [5.74, 6) is 1.09. The molecule has 0 bridgehead atoms. The Labute approximate surface area is 141 Å². The van der Waals surface area contributed by atoms with Crippen molar-refractivity contribution in [1.29, 1.82) is 0 Å². The smallest absolute Gasteiger partial charge is 0.408 e. The standard InChI is InChI=1S/C18H21NO5/c1-22-16-9-8-14(10-17(16)23-2)15(11-20)19-18(21)24-12-13-6-4-3-5-7-13/h3-10,15,20H,11-12H2,1-2H3,(H,19,21)/t15-/m1/s1. The molecule has 6 heteroatoms. The molecule has 2 N–H and O–H groups in total. The van der Waals surface area contributed by atoms with Gasteiger partial charge in [0.2, 0.25) is 0 Å². The summed E-state index contributed by atoms with van der Waals surface area (Å²) in [6, 6.07) is 13.9. The molecule has 1 amide bonds. The van der Waals surface area contributed by atoms with Gasteiger partial charge in [-0.1, -0.05) is 36.4 Å². The maximum Gasteiger partial charge on any atom is 0.408 e. The van der Waals surface area contributed by atoms with Crippen molar-refractivity contribution in [3.05, 3.63) is 59.7 Å². The molecule has 0 aliphatic heterocycles. The van der Waals surface area contributed by atoms with Crippen molar-refractivity contribution in [3.63, 3.8) is 0 Å². The fourth-order valence-corrected chi connectivity index (χ4v) is 2.21. The van der Waals surface area contributed by atoms with Crippen molar-refractivity contribution < 1.29 is 24.1 Å². The first-order valence-electron chi connectivity index (χ1n) is 7.48. The summed E-state index contributed by atoms with van der Waals surface area (Å²) in [4.78, 5) is 11.9. The molecule has 0 heterocycles. The topological polar surface area (TPSA) is 77.0 Å². The van der Waals surface area contributed by atoms with Crippen LogP contribution >= 0.6 is 0 Å². The van der Waals surface area contributed by atoms with Crippen LogP contribution in [-0.2, 0) is 11.3 Å². The number of hydrogen-bond donors (Lipinski definition) is 2. The predicted octanol–water partition coefficient (Wildman–Crippen LogP) is 2.66. The molecule has 0 aliphatic rings. The molecule has 0 saturated carbocycles. The van der Waals surface area contributed by atoms with Crippen molar-refractivity contribution in [2.45, 2.75) is 12.6 Å². The van der Waals surface area contributed by atoms with E-state index in [4.69, 9.17) is 14.2 Å². The number of hydrogen-bond acceptors (Lipinski definition) is 5. The largest absolute Gasteiger partial charge is 0.493 e. The van der Waals surface area contributed by atoms with E-state index >= 15 is 0 Å². The van der Waals surface area contributed by atoms with Gasteiger partial charge in [-0.3, -0.25) is 0 Å². The third kappa shape index (κ3) is 4.63. The molecule has 2 aromatic carbocycles. The molecular weight excluding hydrogens is 310 g/mol. The summed E-state index contributed by atoms with van der Waals surface area (Å²) >= 11 is 0. The molecule has 24 heavy (non-hydrogen) atoms. The van der Waals surface area contributed by atoms with Crippen molar-refractivity contribution >= 4 is 6.09 Å². The van der Waals surface area contributed by atoms with Crippen LogP contribution in [0.3, 0.4) is 0 Å². The molecule has 6 nitrogen and oxygen atoms in total.